The predicted octanol–water partition coefficient (Wildman–Crippen LogP) is 2.61. The Bertz CT molecular complexity index is 701. The Labute approximate surface area is 141 Å². The topological polar surface area (TPSA) is 45.4 Å². The fraction of sp³-hybridized carbons (Fsp3) is 0.556. The molecule has 0 spiro atoms. The fourth-order valence-corrected chi connectivity index (χ4v) is 3.71. The zero-order chi connectivity index (χ0) is 16.7. The molecule has 128 valence electrons. The predicted molar refractivity (Wildman–Crippen MR) is 88.1 cm³/mol. The SMILES string of the molecule is Cc1noc([C@@H]2CN(C[C@H]3C[C@@H]3c3ccc(F)cc3)CCN2C)n1. The van der Waals surface area contributed by atoms with Gasteiger partial charge >= 0.3 is 0 Å². The maximum atomic E-state index is 13.1. The van der Waals surface area contributed by atoms with Crippen LogP contribution in [0.4, 0.5) is 4.39 Å². The van der Waals surface area contributed by atoms with E-state index in [1.54, 1.807) is 12.1 Å². The summed E-state index contributed by atoms with van der Waals surface area (Å²) in [5.41, 5.74) is 1.26. The molecule has 1 aliphatic carbocycles. The molecule has 4 rings (SSSR count). The molecular weight excluding hydrogens is 307 g/mol. The number of piperazine rings is 1. The number of nitrogens with zero attached hydrogens (tertiary/aromatic N) is 4. The van der Waals surface area contributed by atoms with E-state index in [0.29, 0.717) is 23.6 Å². The van der Waals surface area contributed by atoms with Crippen LogP contribution in [0, 0.1) is 18.7 Å². The Morgan fingerprint density at radius 2 is 2.04 bits per heavy atom. The number of hydrogen-bond acceptors (Lipinski definition) is 5. The van der Waals surface area contributed by atoms with Crippen molar-refractivity contribution in [3.05, 3.63) is 47.4 Å². The molecule has 0 N–H and O–H groups in total. The number of aryl methyl sites for hydroxylation is 1. The van der Waals surface area contributed by atoms with Crippen LogP contribution in [0.3, 0.4) is 0 Å². The Morgan fingerprint density at radius 1 is 1.25 bits per heavy atom. The van der Waals surface area contributed by atoms with E-state index in [4.69, 9.17) is 4.52 Å². The van der Waals surface area contributed by atoms with Crippen LogP contribution in [-0.2, 0) is 0 Å². The summed E-state index contributed by atoms with van der Waals surface area (Å²) in [6.07, 6.45) is 1.20. The van der Waals surface area contributed by atoms with Crippen LogP contribution in [0.25, 0.3) is 0 Å². The van der Waals surface area contributed by atoms with Crippen molar-refractivity contribution in [1.29, 1.82) is 0 Å². The van der Waals surface area contributed by atoms with Gasteiger partial charge in [0.05, 0.1) is 0 Å². The molecule has 3 atom stereocenters. The lowest BCUT2D eigenvalue weighted by Gasteiger charge is -2.37. The minimum absolute atomic E-state index is 0.160. The maximum absolute atomic E-state index is 13.1. The van der Waals surface area contributed by atoms with Crippen molar-refractivity contribution in [2.24, 2.45) is 5.92 Å². The number of hydrogen-bond donors (Lipinski definition) is 0. The molecule has 1 aliphatic heterocycles. The van der Waals surface area contributed by atoms with Crippen LogP contribution in [0.2, 0.25) is 0 Å². The molecule has 24 heavy (non-hydrogen) atoms. The van der Waals surface area contributed by atoms with E-state index in [9.17, 15) is 4.39 Å². The quantitative estimate of drug-likeness (QED) is 0.862. The zero-order valence-corrected chi connectivity index (χ0v) is 14.2. The number of benzene rings is 1. The van der Waals surface area contributed by atoms with Gasteiger partial charge in [0, 0.05) is 26.2 Å². The fourth-order valence-electron chi connectivity index (χ4n) is 3.71. The Morgan fingerprint density at radius 3 is 2.75 bits per heavy atom. The summed E-state index contributed by atoms with van der Waals surface area (Å²) in [5, 5.41) is 3.92. The van der Waals surface area contributed by atoms with Gasteiger partial charge in [0.1, 0.15) is 11.9 Å². The van der Waals surface area contributed by atoms with Crippen LogP contribution in [0.5, 0.6) is 0 Å². The van der Waals surface area contributed by atoms with Gasteiger partial charge in [-0.05, 0) is 49.9 Å². The molecular formula is C18H23FN4O. The van der Waals surface area contributed by atoms with Crippen molar-refractivity contribution >= 4 is 0 Å². The minimum atomic E-state index is -0.160. The molecule has 2 fully saturated rings. The molecule has 1 aromatic carbocycles. The Hall–Kier alpha value is -1.79. The average molecular weight is 330 g/mol. The lowest BCUT2D eigenvalue weighted by molar-refractivity contribution is 0.0728. The second-order valence-electron chi connectivity index (χ2n) is 7.09. The van der Waals surface area contributed by atoms with Crippen molar-refractivity contribution in [2.75, 3.05) is 33.2 Å². The lowest BCUT2D eigenvalue weighted by atomic mass is 10.1. The number of aromatic nitrogens is 2. The highest BCUT2D eigenvalue weighted by molar-refractivity contribution is 5.26. The highest BCUT2D eigenvalue weighted by Crippen LogP contribution is 2.48. The Balaban J connectivity index is 1.37. The molecule has 2 heterocycles. The molecule has 2 aromatic rings. The summed E-state index contributed by atoms with van der Waals surface area (Å²) in [6, 6.07) is 7.15. The highest BCUT2D eigenvalue weighted by atomic mass is 19.1. The summed E-state index contributed by atoms with van der Waals surface area (Å²) in [6.45, 7) is 5.92. The third-order valence-electron chi connectivity index (χ3n) is 5.27. The van der Waals surface area contributed by atoms with Crippen molar-refractivity contribution in [3.63, 3.8) is 0 Å². The second kappa shape index (κ2) is 6.26. The summed E-state index contributed by atoms with van der Waals surface area (Å²) in [4.78, 5) is 9.19. The average Bonchev–Trinajstić information content (AvgIpc) is 3.20. The third kappa shape index (κ3) is 3.21. The summed E-state index contributed by atoms with van der Waals surface area (Å²) in [5.74, 6) is 2.49. The van der Waals surface area contributed by atoms with E-state index in [1.807, 2.05) is 19.1 Å². The second-order valence-corrected chi connectivity index (χ2v) is 7.09. The van der Waals surface area contributed by atoms with Gasteiger partial charge < -0.3 is 4.52 Å². The molecule has 0 unspecified atom stereocenters. The first-order chi connectivity index (χ1) is 11.6. The first kappa shape index (κ1) is 15.7. The van der Waals surface area contributed by atoms with Crippen LogP contribution in [-0.4, -0.2) is 53.2 Å². The number of rotatable bonds is 4. The largest absolute Gasteiger partial charge is 0.338 e. The van der Waals surface area contributed by atoms with Gasteiger partial charge in [-0.3, -0.25) is 9.80 Å². The van der Waals surface area contributed by atoms with E-state index in [1.165, 1.54) is 12.0 Å². The molecule has 0 radical (unpaired) electrons. The van der Waals surface area contributed by atoms with Gasteiger partial charge in [-0.15, -0.1) is 0 Å². The van der Waals surface area contributed by atoms with Crippen LogP contribution >= 0.6 is 0 Å². The normalized spacial score (nSPS) is 28.2. The van der Waals surface area contributed by atoms with E-state index < -0.39 is 0 Å². The van der Waals surface area contributed by atoms with E-state index in [2.05, 4.69) is 27.0 Å². The van der Waals surface area contributed by atoms with Crippen molar-refractivity contribution in [1.82, 2.24) is 19.9 Å². The molecule has 6 heteroatoms. The van der Waals surface area contributed by atoms with Crippen LogP contribution in [0.15, 0.2) is 28.8 Å². The number of halogens is 1. The molecule has 1 saturated heterocycles. The molecule has 0 bridgehead atoms. The first-order valence-electron chi connectivity index (χ1n) is 8.58. The summed E-state index contributed by atoms with van der Waals surface area (Å²) in [7, 11) is 2.11. The van der Waals surface area contributed by atoms with Gasteiger partial charge in [0.2, 0.25) is 5.89 Å². The van der Waals surface area contributed by atoms with Gasteiger partial charge in [0.15, 0.2) is 5.82 Å². The molecule has 5 nitrogen and oxygen atoms in total. The van der Waals surface area contributed by atoms with Gasteiger partial charge in [-0.25, -0.2) is 4.39 Å². The number of likely N-dealkylation sites (N-methyl/N-ethyl adjacent to an activating group) is 1. The van der Waals surface area contributed by atoms with Crippen LogP contribution in [0.1, 0.15) is 35.7 Å². The minimum Gasteiger partial charge on any atom is -0.338 e. The molecule has 2 aliphatic rings. The van der Waals surface area contributed by atoms with Crippen molar-refractivity contribution in [3.8, 4) is 0 Å². The smallest absolute Gasteiger partial charge is 0.245 e. The van der Waals surface area contributed by atoms with Crippen molar-refractivity contribution in [2.45, 2.75) is 25.3 Å². The van der Waals surface area contributed by atoms with E-state index in [-0.39, 0.29) is 11.9 Å². The molecule has 1 aromatic heterocycles. The zero-order valence-electron chi connectivity index (χ0n) is 14.2. The lowest BCUT2D eigenvalue weighted by Crippen LogP contribution is -2.47. The monoisotopic (exact) mass is 330 g/mol. The van der Waals surface area contributed by atoms with Gasteiger partial charge in [-0.1, -0.05) is 17.3 Å². The van der Waals surface area contributed by atoms with Gasteiger partial charge in [-0.2, -0.15) is 4.98 Å². The van der Waals surface area contributed by atoms with Crippen molar-refractivity contribution < 1.29 is 8.91 Å². The van der Waals surface area contributed by atoms with E-state index >= 15 is 0 Å². The third-order valence-corrected chi connectivity index (χ3v) is 5.27. The molecule has 0 amide bonds. The van der Waals surface area contributed by atoms with E-state index in [0.717, 1.165) is 26.2 Å². The summed E-state index contributed by atoms with van der Waals surface area (Å²) >= 11 is 0. The first-order valence-corrected chi connectivity index (χ1v) is 8.58. The van der Waals surface area contributed by atoms with Crippen LogP contribution < -0.4 is 0 Å². The van der Waals surface area contributed by atoms with Gasteiger partial charge in [0.25, 0.3) is 0 Å². The standard InChI is InChI=1S/C18H23FN4O/c1-12-20-18(24-21-12)17-11-23(8-7-22(17)2)10-14-9-16(14)13-3-5-15(19)6-4-13/h3-6,14,16-17H,7-11H2,1-2H3/t14-,16-,17+/m1/s1. The maximum Gasteiger partial charge on any atom is 0.245 e. The molecule has 1 saturated carbocycles. The highest BCUT2D eigenvalue weighted by Gasteiger charge is 2.40. The summed E-state index contributed by atoms with van der Waals surface area (Å²) < 4.78 is 18.4. The Kier molecular flexibility index (Phi) is 4.10.